The van der Waals surface area contributed by atoms with Crippen LogP contribution in [0, 0.1) is 17.8 Å². The van der Waals surface area contributed by atoms with Crippen LogP contribution in [-0.2, 0) is 31.8 Å². The molecule has 0 spiro atoms. The van der Waals surface area contributed by atoms with Crippen molar-refractivity contribution in [3.63, 3.8) is 0 Å². The molecular formula is C34H62O3S. The summed E-state index contributed by atoms with van der Waals surface area (Å²) in [6.45, 7) is 35.6. The highest BCUT2D eigenvalue weighted by Crippen LogP contribution is 2.48. The lowest BCUT2D eigenvalue weighted by atomic mass is 9.62. The third-order valence-electron chi connectivity index (χ3n) is 8.40. The molecule has 222 valence electrons. The highest BCUT2D eigenvalue weighted by Gasteiger charge is 2.43. The van der Waals surface area contributed by atoms with Crippen molar-refractivity contribution in [2.45, 2.75) is 163 Å². The zero-order valence-corrected chi connectivity index (χ0v) is 28.7. The Kier molecular flexibility index (Phi) is 10.7. The molecule has 0 aromatic heterocycles. The van der Waals surface area contributed by atoms with E-state index in [1.54, 1.807) is 13.8 Å². The van der Waals surface area contributed by atoms with Crippen LogP contribution in [0.15, 0.2) is 12.1 Å². The van der Waals surface area contributed by atoms with Crippen molar-refractivity contribution >= 4 is 10.1 Å². The molecule has 0 radical (unpaired) electrons. The number of rotatable bonds is 13. The minimum absolute atomic E-state index is 0.00318. The summed E-state index contributed by atoms with van der Waals surface area (Å²) in [6.07, 6.45) is 3.54. The van der Waals surface area contributed by atoms with Gasteiger partial charge in [0.25, 0.3) is 10.1 Å². The first kappa shape index (κ1) is 35.2. The van der Waals surface area contributed by atoms with Crippen LogP contribution >= 0.6 is 0 Å². The molecule has 0 atom stereocenters. The monoisotopic (exact) mass is 550 g/mol. The molecule has 4 heteroatoms. The van der Waals surface area contributed by atoms with Gasteiger partial charge in [0.15, 0.2) is 0 Å². The molecule has 0 saturated carbocycles. The maximum absolute atomic E-state index is 12.4. The molecule has 38 heavy (non-hydrogen) atoms. The van der Waals surface area contributed by atoms with Crippen molar-refractivity contribution in [1.82, 2.24) is 0 Å². The second kappa shape index (κ2) is 11.6. The molecule has 1 rings (SSSR count). The normalized spacial score (nSPS) is 14.7. The standard InChI is InChI=1S/C34H62O3S/c1-23(2)19-30(7,8)26-17-28(32(11,12)21-25(5)6)29(18-27(26)31(9,10)20-24(3)4)33(13,14)22-34(15,16)38(35,36)37/h17-18,23-25H,19-22H2,1-16H3,(H,35,36,37). The van der Waals surface area contributed by atoms with E-state index in [-0.39, 0.29) is 16.2 Å². The Morgan fingerprint density at radius 3 is 1.00 bits per heavy atom. The first-order valence-electron chi connectivity index (χ1n) is 14.8. The van der Waals surface area contributed by atoms with E-state index in [0.717, 1.165) is 19.3 Å². The zero-order valence-electron chi connectivity index (χ0n) is 27.9. The van der Waals surface area contributed by atoms with E-state index in [2.05, 4.69) is 109 Å². The van der Waals surface area contributed by atoms with E-state index in [4.69, 9.17) is 0 Å². The van der Waals surface area contributed by atoms with Crippen LogP contribution in [-0.4, -0.2) is 17.7 Å². The predicted molar refractivity (Wildman–Crippen MR) is 167 cm³/mol. The van der Waals surface area contributed by atoms with Crippen LogP contribution in [0.1, 0.15) is 159 Å². The topological polar surface area (TPSA) is 54.4 Å². The fraction of sp³-hybridized carbons (Fsp3) is 0.824. The molecule has 1 N–H and O–H groups in total. The highest BCUT2D eigenvalue weighted by molar-refractivity contribution is 7.87. The van der Waals surface area contributed by atoms with Crippen LogP contribution in [0.3, 0.4) is 0 Å². The summed E-state index contributed by atoms with van der Waals surface area (Å²) >= 11 is 0. The Labute approximate surface area is 237 Å². The zero-order chi connectivity index (χ0) is 30.3. The van der Waals surface area contributed by atoms with Gasteiger partial charge in [-0.15, -0.1) is 0 Å². The van der Waals surface area contributed by atoms with E-state index in [0.29, 0.717) is 24.2 Å². The van der Waals surface area contributed by atoms with Gasteiger partial charge in [-0.1, -0.05) is 109 Å². The Morgan fingerprint density at radius 1 is 0.553 bits per heavy atom. The smallest absolute Gasteiger partial charge is 0.270 e. The van der Waals surface area contributed by atoms with Crippen molar-refractivity contribution in [2.75, 3.05) is 0 Å². The van der Waals surface area contributed by atoms with Gasteiger partial charge < -0.3 is 0 Å². The molecule has 0 aliphatic rings. The number of hydrogen-bond donors (Lipinski definition) is 1. The second-order valence-corrected chi connectivity index (χ2v) is 18.7. The van der Waals surface area contributed by atoms with Crippen LogP contribution in [0.5, 0.6) is 0 Å². The van der Waals surface area contributed by atoms with E-state index in [1.807, 2.05) is 0 Å². The van der Waals surface area contributed by atoms with Crippen molar-refractivity contribution < 1.29 is 13.0 Å². The minimum atomic E-state index is -4.21. The molecule has 0 aliphatic heterocycles. The van der Waals surface area contributed by atoms with E-state index < -0.39 is 20.3 Å². The quantitative estimate of drug-likeness (QED) is 0.249. The van der Waals surface area contributed by atoms with Crippen LogP contribution in [0.4, 0.5) is 0 Å². The average Bonchev–Trinajstić information content (AvgIpc) is 2.62. The van der Waals surface area contributed by atoms with Gasteiger partial charge in [0.1, 0.15) is 0 Å². The van der Waals surface area contributed by atoms with Crippen molar-refractivity contribution in [3.05, 3.63) is 34.4 Å². The van der Waals surface area contributed by atoms with Gasteiger partial charge in [-0.2, -0.15) is 8.42 Å². The summed E-state index contributed by atoms with van der Waals surface area (Å²) < 4.78 is 33.6. The van der Waals surface area contributed by atoms with Gasteiger partial charge in [0.2, 0.25) is 0 Å². The van der Waals surface area contributed by atoms with E-state index >= 15 is 0 Å². The Morgan fingerprint density at radius 2 is 0.789 bits per heavy atom. The molecule has 0 bridgehead atoms. The molecule has 3 nitrogen and oxygen atoms in total. The summed E-state index contributed by atoms with van der Waals surface area (Å²) in [5.74, 6) is 1.65. The first-order chi connectivity index (χ1) is 16.7. The third-order valence-corrected chi connectivity index (χ3v) is 9.94. The molecule has 1 aromatic rings. The largest absolute Gasteiger partial charge is 0.285 e. The van der Waals surface area contributed by atoms with Gasteiger partial charge >= 0.3 is 0 Å². The minimum Gasteiger partial charge on any atom is -0.285 e. The van der Waals surface area contributed by atoms with Crippen molar-refractivity contribution in [1.29, 1.82) is 0 Å². The summed E-state index contributed by atoms with van der Waals surface area (Å²) in [4.78, 5) is 0. The Balaban J connectivity index is 4.24. The van der Waals surface area contributed by atoms with Gasteiger partial charge in [-0.3, -0.25) is 4.55 Å². The first-order valence-corrected chi connectivity index (χ1v) is 16.3. The van der Waals surface area contributed by atoms with E-state index in [1.165, 1.54) is 22.3 Å². The lowest BCUT2D eigenvalue weighted by Crippen LogP contribution is -2.40. The fourth-order valence-corrected chi connectivity index (χ4v) is 8.03. The fourth-order valence-electron chi connectivity index (χ4n) is 7.48. The van der Waals surface area contributed by atoms with Gasteiger partial charge in [0, 0.05) is 0 Å². The molecule has 0 heterocycles. The maximum Gasteiger partial charge on any atom is 0.270 e. The highest BCUT2D eigenvalue weighted by atomic mass is 32.2. The predicted octanol–water partition coefficient (Wildman–Crippen LogP) is 9.99. The summed E-state index contributed by atoms with van der Waals surface area (Å²) in [5, 5.41) is 0. The molecule has 0 aliphatic carbocycles. The van der Waals surface area contributed by atoms with Gasteiger partial charge in [-0.05, 0) is 101 Å². The van der Waals surface area contributed by atoms with E-state index in [9.17, 15) is 13.0 Å². The number of hydrogen-bond acceptors (Lipinski definition) is 2. The van der Waals surface area contributed by atoms with Gasteiger partial charge in [0.05, 0.1) is 4.75 Å². The summed E-state index contributed by atoms with van der Waals surface area (Å²) in [7, 11) is -4.21. The van der Waals surface area contributed by atoms with Crippen LogP contribution < -0.4 is 0 Å². The Hall–Kier alpha value is -0.870. The molecule has 0 amide bonds. The lowest BCUT2D eigenvalue weighted by molar-refractivity contribution is 0.345. The molecule has 0 saturated heterocycles. The lowest BCUT2D eigenvalue weighted by Gasteiger charge is -2.43. The molecule has 0 fully saturated rings. The third kappa shape index (κ3) is 8.56. The summed E-state index contributed by atoms with van der Waals surface area (Å²) in [5.41, 5.74) is 4.75. The molecular weight excluding hydrogens is 488 g/mol. The molecule has 1 aromatic carbocycles. The van der Waals surface area contributed by atoms with Crippen LogP contribution in [0.25, 0.3) is 0 Å². The van der Waals surface area contributed by atoms with Gasteiger partial charge in [-0.25, -0.2) is 0 Å². The summed E-state index contributed by atoms with van der Waals surface area (Å²) in [6, 6.07) is 4.94. The van der Waals surface area contributed by atoms with Crippen LogP contribution in [0.2, 0.25) is 0 Å². The molecule has 0 unspecified atom stereocenters. The van der Waals surface area contributed by atoms with Crippen molar-refractivity contribution in [3.8, 4) is 0 Å². The maximum atomic E-state index is 12.4. The van der Waals surface area contributed by atoms with Crippen molar-refractivity contribution in [2.24, 2.45) is 17.8 Å². The second-order valence-electron chi connectivity index (χ2n) is 16.7. The Bertz CT molecular complexity index is 1050. The average molecular weight is 551 g/mol. The SMILES string of the molecule is CC(C)CC(C)(C)c1cc(C(C)(C)CC(C)C)c(C(C)(C)CC(C)(C)S(=O)(=O)O)cc1C(C)(C)CC(C)C. The number of benzene rings is 1.